The van der Waals surface area contributed by atoms with Gasteiger partial charge in [0.15, 0.2) is 0 Å². The van der Waals surface area contributed by atoms with E-state index in [1.807, 2.05) is 4.98 Å². The van der Waals surface area contributed by atoms with Gasteiger partial charge in [-0.2, -0.15) is 21.8 Å². The minimum Gasteiger partial charge on any atom is -0.390 e. The number of carbonyl (C=O) groups is 1. The molecule has 0 bridgehead atoms. The van der Waals surface area contributed by atoms with Crippen LogP contribution >= 0.6 is 23.5 Å². The van der Waals surface area contributed by atoms with Crippen LogP contribution in [0, 0.1) is 6.92 Å². The first-order chi connectivity index (χ1) is 20.2. The van der Waals surface area contributed by atoms with Crippen molar-refractivity contribution in [2.24, 2.45) is 0 Å². The number of nitrogens with zero attached hydrogens (tertiary/aromatic N) is 1. The molecule has 4 unspecified atom stereocenters. The first-order valence-electron chi connectivity index (χ1n) is 11.9. The number of carbonyl (C=O) groups excluding carboxylic acids is 1. The highest BCUT2D eigenvalue weighted by Gasteiger charge is 2.44. The Labute approximate surface area is 244 Å². The zero-order valence-electron chi connectivity index (χ0n) is 22.1. The lowest BCUT2D eigenvalue weighted by Gasteiger charge is -2.20. The van der Waals surface area contributed by atoms with Crippen LogP contribution in [0.1, 0.15) is 29.3 Å². The van der Waals surface area contributed by atoms with E-state index in [4.69, 9.17) is 4.74 Å². The molecular weight excluding hydrogens is 672 g/mol. The van der Waals surface area contributed by atoms with Crippen LogP contribution in [0.4, 0.5) is 13.2 Å². The quantitative estimate of drug-likeness (QED) is 0.161. The summed E-state index contributed by atoms with van der Waals surface area (Å²) in [4.78, 5) is 65.7. The lowest BCUT2D eigenvalue weighted by Crippen LogP contribution is -2.36. The summed E-state index contributed by atoms with van der Waals surface area (Å²) in [6.07, 6.45) is -8.02. The first kappa shape index (κ1) is 36.0. The van der Waals surface area contributed by atoms with Crippen LogP contribution in [0.2, 0.25) is 0 Å². The van der Waals surface area contributed by atoms with Crippen LogP contribution in [0.5, 0.6) is 0 Å². The third-order valence-electron chi connectivity index (χ3n) is 5.60. The van der Waals surface area contributed by atoms with Gasteiger partial charge >= 0.3 is 41.2 Å². The van der Waals surface area contributed by atoms with Gasteiger partial charge in [0.25, 0.3) is 5.56 Å². The molecule has 0 spiro atoms. The maximum Gasteiger partial charge on any atom is 0.490 e. The number of ether oxygens (including phenoxy) is 1. The summed E-state index contributed by atoms with van der Waals surface area (Å²) in [6, 6.07) is 4.92. The number of hydrogen-bond donors (Lipinski definition) is 6. The number of aromatic amines is 1. The average Bonchev–Trinajstić information content (AvgIpc) is 3.25. The van der Waals surface area contributed by atoms with Gasteiger partial charge in [-0.15, -0.1) is 0 Å². The Balaban J connectivity index is 1.50. The highest BCUT2D eigenvalue weighted by Crippen LogP contribution is 2.67. The molecule has 1 fully saturated rings. The number of amides is 1. The molecule has 1 saturated heterocycles. The predicted octanol–water partition coefficient (Wildman–Crippen LogP) is 1.24. The Hall–Kier alpha value is -2.51. The molecule has 2 aromatic rings. The molecule has 2 heterocycles. The van der Waals surface area contributed by atoms with Crippen molar-refractivity contribution in [1.29, 1.82) is 0 Å². The standard InChI is InChI=1S/C20H25F3N3O15P3/c1-11-8-26(19(30)25-17(11)28)16-6-14(27)15(39-16)10-38-43(33,34)41-44(35,36)40-42(31,32)37-9-13-4-2-12(3-5-13)7-24-18(29)20(21,22)23/h2-5,8,14-16,27H,6-7,9-10H2,1H3,(H,24,29)(H,31,32)(H,33,34)(H,35,36)(H,25,28,30)/t14?,15-,16-/m1/s1. The number of aromatic nitrogens is 2. The number of aliphatic hydroxyl groups is 1. The number of phosphoric ester groups is 2. The number of aryl methyl sites for hydroxylation is 1. The minimum atomic E-state index is -5.84. The maximum atomic E-state index is 12.2. The number of benzene rings is 1. The number of H-pyrrole nitrogens is 1. The molecule has 0 aliphatic carbocycles. The van der Waals surface area contributed by atoms with Crippen molar-refractivity contribution in [2.45, 2.75) is 51.1 Å². The highest BCUT2D eigenvalue weighted by atomic mass is 31.3. The van der Waals surface area contributed by atoms with E-state index in [9.17, 15) is 61.0 Å². The fourth-order valence-electron chi connectivity index (χ4n) is 3.52. The number of hydrogen-bond acceptors (Lipinski definition) is 12. The summed E-state index contributed by atoms with van der Waals surface area (Å²) in [5, 5.41) is 11.8. The molecule has 1 aliphatic heterocycles. The van der Waals surface area contributed by atoms with Crippen LogP contribution in [0.15, 0.2) is 40.1 Å². The van der Waals surface area contributed by atoms with Crippen molar-refractivity contribution >= 4 is 29.4 Å². The second-order valence-electron chi connectivity index (χ2n) is 9.05. The number of alkyl halides is 3. The molecule has 0 radical (unpaired) electrons. The summed E-state index contributed by atoms with van der Waals surface area (Å²) < 4.78 is 96.5. The van der Waals surface area contributed by atoms with Crippen LogP contribution in [-0.4, -0.2) is 60.2 Å². The third kappa shape index (κ3) is 10.5. The van der Waals surface area contributed by atoms with E-state index in [0.717, 1.165) is 10.8 Å². The predicted molar refractivity (Wildman–Crippen MR) is 137 cm³/mol. The van der Waals surface area contributed by atoms with E-state index in [-0.39, 0.29) is 23.1 Å². The van der Waals surface area contributed by atoms with Gasteiger partial charge in [0.1, 0.15) is 12.3 Å². The van der Waals surface area contributed by atoms with Crippen LogP contribution in [0.3, 0.4) is 0 Å². The Morgan fingerprint density at radius 2 is 1.61 bits per heavy atom. The molecule has 1 aromatic heterocycles. The topological polar surface area (TPSA) is 262 Å². The second-order valence-corrected chi connectivity index (χ2v) is 13.7. The molecule has 6 N–H and O–H groups in total. The Morgan fingerprint density at radius 1 is 1.05 bits per heavy atom. The fraction of sp³-hybridized carbons (Fsp3) is 0.450. The van der Waals surface area contributed by atoms with Gasteiger partial charge in [-0.05, 0) is 18.1 Å². The van der Waals surface area contributed by atoms with Gasteiger partial charge in [0.2, 0.25) is 0 Å². The lowest BCUT2D eigenvalue weighted by molar-refractivity contribution is -0.173. The minimum absolute atomic E-state index is 0.117. The normalized spacial score (nSPS) is 23.0. The molecule has 1 amide bonds. The molecule has 24 heteroatoms. The fourth-order valence-corrected chi connectivity index (χ4v) is 7.02. The average molecular weight is 697 g/mol. The number of phosphoric acid groups is 3. The smallest absolute Gasteiger partial charge is 0.390 e. The van der Waals surface area contributed by atoms with E-state index in [2.05, 4.69) is 17.7 Å². The SMILES string of the molecule is Cc1cn([C@H]2CC(O)[C@@H](COP(=O)(O)OP(=O)(O)OP(=O)(O)OCc3ccc(CNC(=O)C(F)(F)F)cc3)O2)c(=O)[nH]c1=O. The van der Waals surface area contributed by atoms with Gasteiger partial charge in [0, 0.05) is 24.7 Å². The zero-order valence-corrected chi connectivity index (χ0v) is 24.8. The van der Waals surface area contributed by atoms with E-state index in [1.165, 1.54) is 31.2 Å². The summed E-state index contributed by atoms with van der Waals surface area (Å²) in [5.41, 5.74) is -1.04. The molecule has 1 aromatic carbocycles. The molecule has 18 nitrogen and oxygen atoms in total. The van der Waals surface area contributed by atoms with Crippen molar-refractivity contribution in [3.63, 3.8) is 0 Å². The van der Waals surface area contributed by atoms with Gasteiger partial charge in [-0.25, -0.2) is 18.5 Å². The Morgan fingerprint density at radius 3 is 2.20 bits per heavy atom. The lowest BCUT2D eigenvalue weighted by atomic mass is 10.1. The second kappa shape index (κ2) is 13.9. The third-order valence-corrected chi connectivity index (χ3v) is 9.84. The molecule has 6 atom stereocenters. The summed E-state index contributed by atoms with van der Waals surface area (Å²) in [6.45, 7) is -0.783. The van der Waals surface area contributed by atoms with Crippen LogP contribution < -0.4 is 16.6 Å². The molecular formula is C20H25F3N3O15P3. The summed E-state index contributed by atoms with van der Waals surface area (Å²) in [7, 11) is -16.8. The van der Waals surface area contributed by atoms with Gasteiger partial charge < -0.3 is 29.8 Å². The highest BCUT2D eigenvalue weighted by molar-refractivity contribution is 7.66. The van der Waals surface area contributed by atoms with E-state index >= 15 is 0 Å². The molecule has 0 saturated carbocycles. The maximum absolute atomic E-state index is 12.2. The summed E-state index contributed by atoms with van der Waals surface area (Å²) >= 11 is 0. The largest absolute Gasteiger partial charge is 0.490 e. The monoisotopic (exact) mass is 697 g/mol. The van der Waals surface area contributed by atoms with Gasteiger partial charge in [-0.1, -0.05) is 24.3 Å². The molecule has 246 valence electrons. The van der Waals surface area contributed by atoms with E-state index < -0.39 is 85.0 Å². The van der Waals surface area contributed by atoms with E-state index in [0.29, 0.717) is 0 Å². The number of nitrogens with one attached hydrogen (secondary N) is 2. The number of rotatable bonds is 13. The van der Waals surface area contributed by atoms with Crippen molar-refractivity contribution in [2.75, 3.05) is 6.61 Å². The summed E-state index contributed by atoms with van der Waals surface area (Å²) in [5.74, 6) is -2.16. The van der Waals surface area contributed by atoms with Crippen LogP contribution in [0.25, 0.3) is 0 Å². The van der Waals surface area contributed by atoms with Gasteiger partial charge in [-0.3, -0.25) is 28.2 Å². The Kier molecular flexibility index (Phi) is 11.3. The Bertz CT molecular complexity index is 1610. The van der Waals surface area contributed by atoms with Crippen molar-refractivity contribution in [3.8, 4) is 0 Å². The molecule has 1 aliphatic rings. The molecule has 3 rings (SSSR count). The van der Waals surface area contributed by atoms with Crippen molar-refractivity contribution < 1.29 is 73.9 Å². The van der Waals surface area contributed by atoms with Crippen molar-refractivity contribution in [1.82, 2.24) is 14.9 Å². The zero-order chi connectivity index (χ0) is 33.1. The first-order valence-corrected chi connectivity index (χ1v) is 16.4. The van der Waals surface area contributed by atoms with E-state index in [1.54, 1.807) is 5.32 Å². The molecule has 44 heavy (non-hydrogen) atoms. The number of aliphatic hydroxyl groups excluding tert-OH is 1. The van der Waals surface area contributed by atoms with Gasteiger partial charge in [0.05, 0.1) is 19.3 Å². The number of halogens is 3. The van der Waals surface area contributed by atoms with Crippen LogP contribution in [-0.2, 0) is 54.0 Å². The van der Waals surface area contributed by atoms with Crippen molar-refractivity contribution in [3.05, 3.63) is 68.0 Å².